The first-order valence-corrected chi connectivity index (χ1v) is 11.3. The topological polar surface area (TPSA) is 54.7 Å². The molecule has 0 atom stereocenters. The lowest BCUT2D eigenvalue weighted by Gasteiger charge is -2.28. The number of rotatable bonds is 3. The van der Waals surface area contributed by atoms with Crippen LogP contribution in [0.5, 0.6) is 0 Å². The number of aromatic nitrogens is 3. The van der Waals surface area contributed by atoms with E-state index in [4.69, 9.17) is 4.74 Å². The molecular weight excluding hydrogens is 442 g/mol. The fourth-order valence-corrected chi connectivity index (χ4v) is 3.10. The number of morpholine rings is 1. The fourth-order valence-electron chi connectivity index (χ4n) is 2.70. The zero-order chi connectivity index (χ0) is 22.1. The molecule has 0 amide bonds. The van der Waals surface area contributed by atoms with E-state index in [1.54, 1.807) is 6.20 Å². The van der Waals surface area contributed by atoms with Gasteiger partial charge in [0.15, 0.2) is 11.5 Å². The highest BCUT2D eigenvalue weighted by Gasteiger charge is 2.11. The summed E-state index contributed by atoms with van der Waals surface area (Å²) >= 11 is 3.43. The maximum absolute atomic E-state index is 5.39. The molecule has 1 aliphatic heterocycles. The summed E-state index contributed by atoms with van der Waals surface area (Å²) in [5, 5.41) is 3.34. The van der Waals surface area contributed by atoms with Crippen LogP contribution in [-0.4, -0.2) is 40.7 Å². The molecule has 6 nitrogen and oxygen atoms in total. The van der Waals surface area contributed by atoms with Gasteiger partial charge in [-0.2, -0.15) is 0 Å². The summed E-state index contributed by atoms with van der Waals surface area (Å²) in [6, 6.07) is 8.36. The number of halogens is 1. The fraction of sp³-hybridized carbons (Fsp3) is 0.478. The number of nitrogens with one attached hydrogen (secondary N) is 1. The maximum Gasteiger partial charge on any atom is 0.180 e. The molecule has 4 rings (SSSR count). The summed E-state index contributed by atoms with van der Waals surface area (Å²) in [4.78, 5) is 11.1. The highest BCUT2D eigenvalue weighted by atomic mass is 79.9. The van der Waals surface area contributed by atoms with Crippen LogP contribution < -0.4 is 10.2 Å². The lowest BCUT2D eigenvalue weighted by molar-refractivity contribution is 0.122. The number of anilines is 3. The molecule has 0 aliphatic carbocycles. The minimum atomic E-state index is 0.500. The van der Waals surface area contributed by atoms with E-state index in [1.807, 2.05) is 30.6 Å². The van der Waals surface area contributed by atoms with Gasteiger partial charge in [0.05, 0.1) is 13.2 Å². The number of hydrogen-bond acceptors (Lipinski definition) is 5. The quantitative estimate of drug-likeness (QED) is 0.491. The van der Waals surface area contributed by atoms with Gasteiger partial charge in [-0.25, -0.2) is 9.97 Å². The third-order valence-corrected chi connectivity index (χ3v) is 4.23. The lowest BCUT2D eigenvalue weighted by atomic mass is 10.0. The van der Waals surface area contributed by atoms with Gasteiger partial charge in [0.1, 0.15) is 4.60 Å². The van der Waals surface area contributed by atoms with E-state index >= 15 is 0 Å². The number of nitrogens with zero attached hydrogens (tertiary/aromatic N) is 4. The van der Waals surface area contributed by atoms with Crippen molar-refractivity contribution in [1.29, 1.82) is 0 Å². The monoisotopic (exact) mass is 475 g/mol. The van der Waals surface area contributed by atoms with E-state index in [2.05, 4.69) is 88.1 Å². The second kappa shape index (κ2) is 11.3. The first-order chi connectivity index (χ1) is 14.3. The Labute approximate surface area is 188 Å². The van der Waals surface area contributed by atoms with E-state index in [1.165, 1.54) is 5.69 Å². The van der Waals surface area contributed by atoms with Crippen molar-refractivity contribution in [2.45, 2.75) is 41.5 Å². The molecule has 1 N–H and O–H groups in total. The standard InChI is InChI=1S/C16H16BrN5O.C5H12.C2H6/c17-14-11-22-6-5-18-16(22)15(20-14)19-12-1-3-13(4-2-12)21-7-9-23-10-8-21;1-5(2,3)4;1-2/h1-6,11H,7-10H2,(H,19,20);1-4H3;1-2H3. The molecule has 0 unspecified atom stereocenters. The highest BCUT2D eigenvalue weighted by Crippen LogP contribution is 2.24. The van der Waals surface area contributed by atoms with Crippen molar-refractivity contribution in [1.82, 2.24) is 14.4 Å². The molecule has 1 saturated heterocycles. The van der Waals surface area contributed by atoms with Crippen LogP contribution in [0.25, 0.3) is 5.65 Å². The number of ether oxygens (including phenoxy) is 1. The maximum atomic E-state index is 5.39. The van der Waals surface area contributed by atoms with Crippen LogP contribution in [0.1, 0.15) is 41.5 Å². The Morgan fingerprint density at radius 2 is 1.63 bits per heavy atom. The van der Waals surface area contributed by atoms with E-state index < -0.39 is 0 Å². The van der Waals surface area contributed by atoms with Crippen LogP contribution in [0.3, 0.4) is 0 Å². The van der Waals surface area contributed by atoms with Crippen molar-refractivity contribution < 1.29 is 4.74 Å². The Morgan fingerprint density at radius 3 is 2.23 bits per heavy atom. The van der Waals surface area contributed by atoms with Gasteiger partial charge in [0, 0.05) is 43.1 Å². The molecule has 164 valence electrons. The predicted octanol–water partition coefficient (Wildman–Crippen LogP) is 6.15. The van der Waals surface area contributed by atoms with Crippen LogP contribution in [0.4, 0.5) is 17.2 Å². The lowest BCUT2D eigenvalue weighted by Crippen LogP contribution is -2.36. The summed E-state index contributed by atoms with van der Waals surface area (Å²) in [7, 11) is 0. The van der Waals surface area contributed by atoms with Crippen LogP contribution in [0.15, 0.2) is 47.5 Å². The largest absolute Gasteiger partial charge is 0.378 e. The van der Waals surface area contributed by atoms with Crippen LogP contribution >= 0.6 is 15.9 Å². The molecule has 0 saturated carbocycles. The van der Waals surface area contributed by atoms with Crippen LogP contribution in [0, 0.1) is 5.41 Å². The van der Waals surface area contributed by atoms with Gasteiger partial charge < -0.3 is 19.4 Å². The van der Waals surface area contributed by atoms with E-state index in [9.17, 15) is 0 Å². The summed E-state index contributed by atoms with van der Waals surface area (Å²) in [6.45, 7) is 16.2. The average molecular weight is 476 g/mol. The van der Waals surface area contributed by atoms with E-state index in [0.29, 0.717) is 5.41 Å². The minimum absolute atomic E-state index is 0.500. The van der Waals surface area contributed by atoms with Crippen LogP contribution in [-0.2, 0) is 4.74 Å². The molecule has 1 fully saturated rings. The summed E-state index contributed by atoms with van der Waals surface area (Å²) < 4.78 is 8.08. The summed E-state index contributed by atoms with van der Waals surface area (Å²) in [5.41, 5.74) is 3.50. The molecule has 0 radical (unpaired) electrons. The van der Waals surface area contributed by atoms with Gasteiger partial charge in [-0.3, -0.25) is 0 Å². The molecule has 1 aromatic carbocycles. The molecular formula is C23H34BrN5O. The van der Waals surface area contributed by atoms with E-state index in [-0.39, 0.29) is 0 Å². The summed E-state index contributed by atoms with van der Waals surface area (Å²) in [5.74, 6) is 0.725. The first-order valence-electron chi connectivity index (χ1n) is 10.5. The third kappa shape index (κ3) is 7.61. The van der Waals surface area contributed by atoms with Crippen LogP contribution in [0.2, 0.25) is 0 Å². The normalized spacial score (nSPS) is 13.8. The van der Waals surface area contributed by atoms with Gasteiger partial charge in [0.25, 0.3) is 0 Å². The molecule has 30 heavy (non-hydrogen) atoms. The second-order valence-electron chi connectivity index (χ2n) is 8.34. The Kier molecular flexibility index (Phi) is 9.11. The zero-order valence-electron chi connectivity index (χ0n) is 18.9. The van der Waals surface area contributed by atoms with Crippen molar-refractivity contribution in [3.8, 4) is 0 Å². The zero-order valence-corrected chi connectivity index (χ0v) is 20.5. The SMILES string of the molecule is Brc1cn2ccnc2c(Nc2ccc(N3CCOCC3)cc2)n1.CC.CC(C)(C)C. The van der Waals surface area contributed by atoms with Crippen molar-refractivity contribution in [2.75, 3.05) is 36.5 Å². The Bertz CT molecular complexity index is 890. The van der Waals surface area contributed by atoms with Crippen molar-refractivity contribution in [3.63, 3.8) is 0 Å². The average Bonchev–Trinajstić information content (AvgIpc) is 3.18. The number of hydrogen-bond donors (Lipinski definition) is 1. The number of imidazole rings is 1. The Balaban J connectivity index is 0.000000404. The van der Waals surface area contributed by atoms with Crippen molar-refractivity contribution in [3.05, 3.63) is 47.5 Å². The minimum Gasteiger partial charge on any atom is -0.378 e. The molecule has 2 aromatic heterocycles. The molecule has 1 aliphatic rings. The van der Waals surface area contributed by atoms with Gasteiger partial charge in [-0.05, 0) is 45.6 Å². The van der Waals surface area contributed by atoms with Gasteiger partial charge >= 0.3 is 0 Å². The van der Waals surface area contributed by atoms with Gasteiger partial charge in [-0.1, -0.05) is 41.5 Å². The molecule has 3 heterocycles. The van der Waals surface area contributed by atoms with Gasteiger partial charge in [-0.15, -0.1) is 0 Å². The predicted molar refractivity (Wildman–Crippen MR) is 130 cm³/mol. The highest BCUT2D eigenvalue weighted by molar-refractivity contribution is 9.10. The Hall–Kier alpha value is -2.12. The van der Waals surface area contributed by atoms with E-state index in [0.717, 1.165) is 48.1 Å². The van der Waals surface area contributed by atoms with Crippen molar-refractivity contribution in [2.24, 2.45) is 5.41 Å². The second-order valence-corrected chi connectivity index (χ2v) is 9.15. The Morgan fingerprint density at radius 1 is 1.03 bits per heavy atom. The molecule has 0 spiro atoms. The smallest absolute Gasteiger partial charge is 0.180 e. The molecule has 3 aromatic rings. The van der Waals surface area contributed by atoms with Crippen molar-refractivity contribution >= 4 is 38.8 Å². The van der Waals surface area contributed by atoms with Gasteiger partial charge in [0.2, 0.25) is 0 Å². The molecule has 7 heteroatoms. The molecule has 0 bridgehead atoms. The third-order valence-electron chi connectivity index (χ3n) is 3.85. The first kappa shape index (κ1) is 24.2. The summed E-state index contributed by atoms with van der Waals surface area (Å²) in [6.07, 6.45) is 5.54. The number of fused-ring (bicyclic) bond motifs is 1. The number of benzene rings is 1.